The number of amides is 1. The van der Waals surface area contributed by atoms with Crippen LogP contribution in [0.4, 0.5) is 0 Å². The van der Waals surface area contributed by atoms with Gasteiger partial charge in [0.05, 0.1) is 11.3 Å². The number of hydrogen-bond acceptors (Lipinski definition) is 4. The van der Waals surface area contributed by atoms with Gasteiger partial charge in [-0.25, -0.2) is 4.98 Å². The van der Waals surface area contributed by atoms with Crippen LogP contribution in [0.5, 0.6) is 0 Å². The predicted molar refractivity (Wildman–Crippen MR) is 86.7 cm³/mol. The number of carbonyl (C=O) groups excluding carboxylic acids is 1. The van der Waals surface area contributed by atoms with Crippen molar-refractivity contribution >= 4 is 17.7 Å². The molecule has 0 radical (unpaired) electrons. The summed E-state index contributed by atoms with van der Waals surface area (Å²) in [7, 11) is 0. The SMILES string of the molecule is CC(Sc1n[nH]c(C2CC2)n1)C(=O)NC(C)c1ccccc1. The number of nitrogens with zero attached hydrogens (tertiary/aromatic N) is 2. The topological polar surface area (TPSA) is 70.7 Å². The van der Waals surface area contributed by atoms with Crippen LogP contribution in [0.15, 0.2) is 35.5 Å². The number of aromatic amines is 1. The number of carbonyl (C=O) groups is 1. The van der Waals surface area contributed by atoms with Crippen molar-refractivity contribution in [3.8, 4) is 0 Å². The minimum absolute atomic E-state index is 0.000810. The number of rotatable bonds is 6. The van der Waals surface area contributed by atoms with Crippen LogP contribution < -0.4 is 5.32 Å². The quantitative estimate of drug-likeness (QED) is 0.804. The summed E-state index contributed by atoms with van der Waals surface area (Å²) in [5.74, 6) is 1.50. The van der Waals surface area contributed by atoms with Gasteiger partial charge in [0, 0.05) is 5.92 Å². The lowest BCUT2D eigenvalue weighted by atomic mass is 10.1. The highest BCUT2D eigenvalue weighted by molar-refractivity contribution is 8.00. The molecule has 1 fully saturated rings. The Kier molecular flexibility index (Phi) is 4.47. The van der Waals surface area contributed by atoms with Crippen LogP contribution in [0.1, 0.15) is 50.0 Å². The second-order valence-electron chi connectivity index (χ2n) is 5.68. The summed E-state index contributed by atoms with van der Waals surface area (Å²) in [5, 5.41) is 10.6. The summed E-state index contributed by atoms with van der Waals surface area (Å²) < 4.78 is 0. The normalized spacial score (nSPS) is 17.0. The fraction of sp³-hybridized carbons (Fsp3) is 0.438. The number of thioether (sulfide) groups is 1. The van der Waals surface area contributed by atoms with Crippen molar-refractivity contribution in [1.29, 1.82) is 0 Å². The van der Waals surface area contributed by atoms with E-state index in [0.717, 1.165) is 11.4 Å². The van der Waals surface area contributed by atoms with Gasteiger partial charge in [0.15, 0.2) is 0 Å². The maximum absolute atomic E-state index is 12.3. The second-order valence-corrected chi connectivity index (χ2v) is 6.99. The van der Waals surface area contributed by atoms with E-state index >= 15 is 0 Å². The van der Waals surface area contributed by atoms with E-state index in [0.29, 0.717) is 11.1 Å². The van der Waals surface area contributed by atoms with E-state index in [2.05, 4.69) is 20.5 Å². The van der Waals surface area contributed by atoms with Crippen molar-refractivity contribution in [2.24, 2.45) is 0 Å². The monoisotopic (exact) mass is 316 g/mol. The molecule has 2 N–H and O–H groups in total. The van der Waals surface area contributed by atoms with Crippen LogP contribution in [-0.2, 0) is 4.79 Å². The Morgan fingerprint density at radius 1 is 1.32 bits per heavy atom. The lowest BCUT2D eigenvalue weighted by Crippen LogP contribution is -2.33. The first-order chi connectivity index (χ1) is 10.6. The summed E-state index contributed by atoms with van der Waals surface area (Å²) >= 11 is 1.39. The van der Waals surface area contributed by atoms with Crippen molar-refractivity contribution in [3.05, 3.63) is 41.7 Å². The number of aromatic nitrogens is 3. The predicted octanol–water partition coefficient (Wildman–Crippen LogP) is 3.04. The molecule has 0 aliphatic heterocycles. The second kappa shape index (κ2) is 6.52. The van der Waals surface area contributed by atoms with Gasteiger partial charge in [-0.2, -0.15) is 0 Å². The zero-order valence-electron chi connectivity index (χ0n) is 12.7. The van der Waals surface area contributed by atoms with Gasteiger partial charge < -0.3 is 5.32 Å². The lowest BCUT2D eigenvalue weighted by molar-refractivity contribution is -0.120. The van der Waals surface area contributed by atoms with Gasteiger partial charge >= 0.3 is 0 Å². The third-order valence-corrected chi connectivity index (χ3v) is 4.72. The summed E-state index contributed by atoms with van der Waals surface area (Å²) in [6.07, 6.45) is 2.37. The highest BCUT2D eigenvalue weighted by atomic mass is 32.2. The van der Waals surface area contributed by atoms with Gasteiger partial charge in [0.25, 0.3) is 0 Å². The summed E-state index contributed by atoms with van der Waals surface area (Å²) in [5.41, 5.74) is 1.10. The van der Waals surface area contributed by atoms with Crippen molar-refractivity contribution in [2.75, 3.05) is 0 Å². The molecule has 3 rings (SSSR count). The molecular formula is C16H20N4OS. The molecule has 2 atom stereocenters. The van der Waals surface area contributed by atoms with Gasteiger partial charge in [-0.05, 0) is 32.3 Å². The maximum Gasteiger partial charge on any atom is 0.233 e. The molecule has 1 saturated carbocycles. The zero-order valence-corrected chi connectivity index (χ0v) is 13.6. The largest absolute Gasteiger partial charge is 0.349 e. The fourth-order valence-corrected chi connectivity index (χ4v) is 2.96. The molecular weight excluding hydrogens is 296 g/mol. The maximum atomic E-state index is 12.3. The van der Waals surface area contributed by atoms with Crippen LogP contribution >= 0.6 is 11.8 Å². The Balaban J connectivity index is 1.54. The van der Waals surface area contributed by atoms with Gasteiger partial charge in [0.2, 0.25) is 11.1 Å². The standard InChI is InChI=1S/C16H20N4OS/c1-10(12-6-4-3-5-7-12)17-15(21)11(2)22-16-18-14(19-20-16)13-8-9-13/h3-7,10-11,13H,8-9H2,1-2H3,(H,17,21)(H,18,19,20). The molecule has 1 aliphatic rings. The Bertz CT molecular complexity index is 639. The van der Waals surface area contributed by atoms with Crippen LogP contribution in [0, 0.1) is 0 Å². The van der Waals surface area contributed by atoms with E-state index in [9.17, 15) is 4.79 Å². The molecule has 6 heteroatoms. The Hall–Kier alpha value is -1.82. The van der Waals surface area contributed by atoms with Gasteiger partial charge in [-0.15, -0.1) is 5.10 Å². The summed E-state index contributed by atoms with van der Waals surface area (Å²) in [4.78, 5) is 16.7. The first-order valence-corrected chi connectivity index (χ1v) is 8.45. The average Bonchev–Trinajstić information content (AvgIpc) is 3.28. The average molecular weight is 316 g/mol. The van der Waals surface area contributed by atoms with Gasteiger partial charge in [-0.3, -0.25) is 9.89 Å². The van der Waals surface area contributed by atoms with Crippen molar-refractivity contribution in [3.63, 3.8) is 0 Å². The number of nitrogens with one attached hydrogen (secondary N) is 2. The van der Waals surface area contributed by atoms with Gasteiger partial charge in [0.1, 0.15) is 5.82 Å². The number of hydrogen-bond donors (Lipinski definition) is 2. The van der Waals surface area contributed by atoms with Crippen LogP contribution in [0.3, 0.4) is 0 Å². The summed E-state index contributed by atoms with van der Waals surface area (Å²) in [6, 6.07) is 9.94. The zero-order chi connectivity index (χ0) is 15.5. The smallest absolute Gasteiger partial charge is 0.233 e. The summed E-state index contributed by atoms with van der Waals surface area (Å²) in [6.45, 7) is 3.87. The Morgan fingerprint density at radius 3 is 2.73 bits per heavy atom. The minimum Gasteiger partial charge on any atom is -0.349 e. The number of benzene rings is 1. The molecule has 1 aromatic carbocycles. The van der Waals surface area contributed by atoms with E-state index in [-0.39, 0.29) is 17.2 Å². The number of H-pyrrole nitrogens is 1. The van der Waals surface area contributed by atoms with E-state index in [1.165, 1.54) is 24.6 Å². The molecule has 0 spiro atoms. The molecule has 2 aromatic rings. The van der Waals surface area contributed by atoms with E-state index < -0.39 is 0 Å². The molecule has 116 valence electrons. The molecule has 5 nitrogen and oxygen atoms in total. The van der Waals surface area contributed by atoms with Crippen LogP contribution in [0.25, 0.3) is 0 Å². The third kappa shape index (κ3) is 3.68. The minimum atomic E-state index is -0.228. The molecule has 0 saturated heterocycles. The van der Waals surface area contributed by atoms with E-state index in [1.807, 2.05) is 44.2 Å². The molecule has 22 heavy (non-hydrogen) atoms. The molecule has 1 heterocycles. The van der Waals surface area contributed by atoms with Gasteiger partial charge in [-0.1, -0.05) is 42.1 Å². The molecule has 1 aromatic heterocycles. The van der Waals surface area contributed by atoms with Crippen LogP contribution in [-0.4, -0.2) is 26.3 Å². The highest BCUT2D eigenvalue weighted by Crippen LogP contribution is 2.38. The van der Waals surface area contributed by atoms with E-state index in [1.54, 1.807) is 0 Å². The first kappa shape index (κ1) is 15.1. The highest BCUT2D eigenvalue weighted by Gasteiger charge is 2.28. The lowest BCUT2D eigenvalue weighted by Gasteiger charge is -2.16. The van der Waals surface area contributed by atoms with Crippen molar-refractivity contribution in [2.45, 2.75) is 49.1 Å². The molecule has 0 bridgehead atoms. The Morgan fingerprint density at radius 2 is 2.05 bits per heavy atom. The molecule has 2 unspecified atom stereocenters. The van der Waals surface area contributed by atoms with Crippen molar-refractivity contribution in [1.82, 2.24) is 20.5 Å². The fourth-order valence-electron chi connectivity index (χ4n) is 2.22. The third-order valence-electron chi connectivity index (χ3n) is 3.76. The van der Waals surface area contributed by atoms with Crippen LogP contribution in [0.2, 0.25) is 0 Å². The molecule has 1 amide bonds. The van der Waals surface area contributed by atoms with Crippen molar-refractivity contribution < 1.29 is 4.79 Å². The first-order valence-electron chi connectivity index (χ1n) is 7.57. The molecule has 1 aliphatic carbocycles. The Labute approximate surface area is 134 Å². The van der Waals surface area contributed by atoms with E-state index in [4.69, 9.17) is 0 Å².